The lowest BCUT2D eigenvalue weighted by atomic mass is 10.1. The maximum absolute atomic E-state index is 9.21. The number of aliphatic hydroxyl groups excluding tert-OH is 1. The Hall–Kier alpha value is -1.46. The van der Waals surface area contributed by atoms with Crippen molar-refractivity contribution in [1.29, 1.82) is 5.41 Å². The van der Waals surface area contributed by atoms with E-state index >= 15 is 0 Å². The SMILES string of the molecule is N=C(N)c1cc(CN(CCO)C2CCCC2)ccn1. The second kappa shape index (κ2) is 6.63. The summed E-state index contributed by atoms with van der Waals surface area (Å²) in [4.78, 5) is 6.40. The maximum atomic E-state index is 9.21. The fourth-order valence-electron chi connectivity index (χ4n) is 2.74. The van der Waals surface area contributed by atoms with Gasteiger partial charge in [0.15, 0.2) is 0 Å². The molecule has 0 atom stereocenters. The summed E-state index contributed by atoms with van der Waals surface area (Å²) in [6, 6.07) is 4.38. The average Bonchev–Trinajstić information content (AvgIpc) is 2.92. The van der Waals surface area contributed by atoms with E-state index in [-0.39, 0.29) is 12.4 Å². The molecule has 0 aliphatic heterocycles. The maximum Gasteiger partial charge on any atom is 0.141 e. The molecule has 1 aromatic rings. The Labute approximate surface area is 114 Å². The lowest BCUT2D eigenvalue weighted by molar-refractivity contribution is 0.145. The lowest BCUT2D eigenvalue weighted by Crippen LogP contribution is -2.35. The number of nitrogens with one attached hydrogen (secondary N) is 1. The van der Waals surface area contributed by atoms with Crippen molar-refractivity contribution in [2.45, 2.75) is 38.3 Å². The molecule has 1 aliphatic carbocycles. The van der Waals surface area contributed by atoms with E-state index < -0.39 is 0 Å². The van der Waals surface area contributed by atoms with E-state index in [2.05, 4.69) is 9.88 Å². The molecule has 1 aliphatic rings. The predicted molar refractivity (Wildman–Crippen MR) is 75.0 cm³/mol. The Bertz CT molecular complexity index is 429. The van der Waals surface area contributed by atoms with Gasteiger partial charge in [-0.15, -0.1) is 0 Å². The standard InChI is InChI=1S/C14H22N4O/c15-14(16)13-9-11(5-6-17-13)10-18(7-8-19)12-3-1-2-4-12/h5-6,9,12,19H,1-4,7-8,10H2,(H3,15,16). The number of pyridine rings is 1. The van der Waals surface area contributed by atoms with Gasteiger partial charge in [0.1, 0.15) is 11.5 Å². The van der Waals surface area contributed by atoms with Gasteiger partial charge in [-0.05, 0) is 30.5 Å². The van der Waals surface area contributed by atoms with Gasteiger partial charge in [-0.1, -0.05) is 12.8 Å². The van der Waals surface area contributed by atoms with Gasteiger partial charge in [0.05, 0.1) is 6.61 Å². The summed E-state index contributed by atoms with van der Waals surface area (Å²) >= 11 is 0. The highest BCUT2D eigenvalue weighted by Crippen LogP contribution is 2.24. The molecule has 104 valence electrons. The minimum atomic E-state index is -0.00331. The molecule has 4 N–H and O–H groups in total. The van der Waals surface area contributed by atoms with Gasteiger partial charge in [0.25, 0.3) is 0 Å². The number of hydrogen-bond acceptors (Lipinski definition) is 4. The van der Waals surface area contributed by atoms with E-state index in [0.717, 1.165) is 12.1 Å². The number of aliphatic hydroxyl groups is 1. The topological polar surface area (TPSA) is 86.2 Å². The van der Waals surface area contributed by atoms with E-state index in [4.69, 9.17) is 11.1 Å². The summed E-state index contributed by atoms with van der Waals surface area (Å²) in [5.74, 6) is -0.00331. The zero-order valence-electron chi connectivity index (χ0n) is 11.2. The molecule has 1 fully saturated rings. The smallest absolute Gasteiger partial charge is 0.141 e. The number of hydrogen-bond donors (Lipinski definition) is 3. The van der Waals surface area contributed by atoms with Gasteiger partial charge in [0.2, 0.25) is 0 Å². The summed E-state index contributed by atoms with van der Waals surface area (Å²) in [7, 11) is 0. The molecule has 2 rings (SSSR count). The molecule has 0 radical (unpaired) electrons. The molecule has 19 heavy (non-hydrogen) atoms. The lowest BCUT2D eigenvalue weighted by Gasteiger charge is -2.28. The Kier molecular flexibility index (Phi) is 4.87. The van der Waals surface area contributed by atoms with Gasteiger partial charge in [-0.2, -0.15) is 0 Å². The molecule has 0 amide bonds. The van der Waals surface area contributed by atoms with Crippen molar-refractivity contribution < 1.29 is 5.11 Å². The molecule has 1 saturated carbocycles. The molecule has 0 unspecified atom stereocenters. The average molecular weight is 262 g/mol. The van der Waals surface area contributed by atoms with E-state index in [1.54, 1.807) is 6.20 Å². The van der Waals surface area contributed by atoms with Gasteiger partial charge >= 0.3 is 0 Å². The van der Waals surface area contributed by atoms with Crippen molar-refractivity contribution in [2.75, 3.05) is 13.2 Å². The molecular weight excluding hydrogens is 240 g/mol. The molecule has 1 heterocycles. The van der Waals surface area contributed by atoms with Crippen molar-refractivity contribution in [3.63, 3.8) is 0 Å². The zero-order chi connectivity index (χ0) is 13.7. The number of nitrogens with two attached hydrogens (primary N) is 1. The van der Waals surface area contributed by atoms with Crippen LogP contribution in [0.15, 0.2) is 18.3 Å². The van der Waals surface area contributed by atoms with Crippen molar-refractivity contribution in [1.82, 2.24) is 9.88 Å². The predicted octanol–water partition coefficient (Wildman–Crippen LogP) is 1.10. The van der Waals surface area contributed by atoms with E-state index in [1.165, 1.54) is 25.7 Å². The summed E-state index contributed by atoms with van der Waals surface area (Å²) < 4.78 is 0. The summed E-state index contributed by atoms with van der Waals surface area (Å²) in [5, 5.41) is 16.6. The van der Waals surface area contributed by atoms with Gasteiger partial charge < -0.3 is 10.8 Å². The summed E-state index contributed by atoms with van der Waals surface area (Å²) in [6.45, 7) is 1.66. The van der Waals surface area contributed by atoms with Crippen molar-refractivity contribution in [2.24, 2.45) is 5.73 Å². The van der Waals surface area contributed by atoms with Crippen molar-refractivity contribution in [3.8, 4) is 0 Å². The van der Waals surface area contributed by atoms with Gasteiger partial charge in [-0.3, -0.25) is 15.3 Å². The Balaban J connectivity index is 2.07. The second-order valence-electron chi connectivity index (χ2n) is 5.10. The normalized spacial score (nSPS) is 16.1. The van der Waals surface area contributed by atoms with Crippen LogP contribution in [0.3, 0.4) is 0 Å². The van der Waals surface area contributed by atoms with Crippen LogP contribution >= 0.6 is 0 Å². The molecule has 0 aromatic carbocycles. The molecule has 5 heteroatoms. The van der Waals surface area contributed by atoms with Crippen LogP contribution in [0, 0.1) is 5.41 Å². The van der Waals surface area contributed by atoms with Crippen LogP contribution in [0.5, 0.6) is 0 Å². The van der Waals surface area contributed by atoms with Crippen molar-refractivity contribution in [3.05, 3.63) is 29.6 Å². The number of nitrogen functional groups attached to an aromatic ring is 1. The molecular formula is C14H22N4O. The third-order valence-electron chi connectivity index (χ3n) is 3.71. The van der Waals surface area contributed by atoms with Crippen LogP contribution in [0.25, 0.3) is 0 Å². The highest BCUT2D eigenvalue weighted by Gasteiger charge is 2.22. The second-order valence-corrected chi connectivity index (χ2v) is 5.10. The van der Waals surface area contributed by atoms with Crippen LogP contribution in [-0.4, -0.2) is 40.0 Å². The van der Waals surface area contributed by atoms with Crippen LogP contribution in [0.4, 0.5) is 0 Å². The summed E-state index contributed by atoms with van der Waals surface area (Å²) in [5.41, 5.74) is 7.08. The fraction of sp³-hybridized carbons (Fsp3) is 0.571. The first kappa shape index (κ1) is 14.0. The first-order valence-corrected chi connectivity index (χ1v) is 6.85. The first-order chi connectivity index (χ1) is 9.20. The number of rotatable bonds is 6. The first-order valence-electron chi connectivity index (χ1n) is 6.85. The minimum absolute atomic E-state index is 0.00331. The largest absolute Gasteiger partial charge is 0.395 e. The van der Waals surface area contributed by atoms with Crippen LogP contribution in [-0.2, 0) is 6.54 Å². The minimum Gasteiger partial charge on any atom is -0.395 e. The van der Waals surface area contributed by atoms with E-state index in [1.807, 2.05) is 12.1 Å². The highest BCUT2D eigenvalue weighted by molar-refractivity contribution is 5.93. The highest BCUT2D eigenvalue weighted by atomic mass is 16.3. The fourth-order valence-corrected chi connectivity index (χ4v) is 2.74. The molecule has 0 bridgehead atoms. The quantitative estimate of drug-likeness (QED) is 0.529. The number of aromatic nitrogens is 1. The Morgan fingerprint density at radius 1 is 1.47 bits per heavy atom. The molecule has 5 nitrogen and oxygen atoms in total. The number of amidine groups is 1. The Morgan fingerprint density at radius 3 is 2.84 bits per heavy atom. The van der Waals surface area contributed by atoms with Crippen LogP contribution in [0.1, 0.15) is 36.9 Å². The third-order valence-corrected chi connectivity index (χ3v) is 3.71. The van der Waals surface area contributed by atoms with Crippen LogP contribution < -0.4 is 5.73 Å². The number of nitrogens with zero attached hydrogens (tertiary/aromatic N) is 2. The van der Waals surface area contributed by atoms with E-state index in [0.29, 0.717) is 18.3 Å². The monoisotopic (exact) mass is 262 g/mol. The molecule has 0 spiro atoms. The van der Waals surface area contributed by atoms with E-state index in [9.17, 15) is 5.11 Å². The summed E-state index contributed by atoms with van der Waals surface area (Å²) in [6.07, 6.45) is 6.68. The third kappa shape index (κ3) is 3.75. The van der Waals surface area contributed by atoms with Gasteiger partial charge in [0, 0.05) is 25.3 Å². The zero-order valence-corrected chi connectivity index (χ0v) is 11.2. The van der Waals surface area contributed by atoms with Crippen molar-refractivity contribution >= 4 is 5.84 Å². The van der Waals surface area contributed by atoms with Gasteiger partial charge in [-0.25, -0.2) is 0 Å². The molecule has 0 saturated heterocycles. The Morgan fingerprint density at radius 2 is 2.21 bits per heavy atom. The van der Waals surface area contributed by atoms with Crippen LogP contribution in [0.2, 0.25) is 0 Å². The molecule has 1 aromatic heterocycles.